The van der Waals surface area contributed by atoms with Gasteiger partial charge < -0.3 is 15.8 Å². The Balaban J connectivity index is 2.12. The standard InChI is InChI=1S/C12H18ClN3O/c1-17-11-3-2-9(8-10(11)13)12(14)16-6-4-15-5-7-16/h2-3,8,12,15H,4-7,14H2,1H3. The Morgan fingerprint density at radius 1 is 1.41 bits per heavy atom. The van der Waals surface area contributed by atoms with Gasteiger partial charge in [-0.05, 0) is 17.7 Å². The van der Waals surface area contributed by atoms with Gasteiger partial charge in [-0.15, -0.1) is 0 Å². The molecule has 94 valence electrons. The highest BCUT2D eigenvalue weighted by Gasteiger charge is 2.19. The molecule has 1 atom stereocenters. The number of hydrogen-bond acceptors (Lipinski definition) is 4. The van der Waals surface area contributed by atoms with E-state index in [1.807, 2.05) is 18.2 Å². The van der Waals surface area contributed by atoms with Crippen molar-refractivity contribution in [1.82, 2.24) is 10.2 Å². The number of ether oxygens (including phenoxy) is 1. The van der Waals surface area contributed by atoms with Gasteiger partial charge in [-0.2, -0.15) is 0 Å². The van der Waals surface area contributed by atoms with Crippen molar-refractivity contribution >= 4 is 11.6 Å². The van der Waals surface area contributed by atoms with E-state index in [0.29, 0.717) is 10.8 Å². The minimum absolute atomic E-state index is 0.0968. The number of halogens is 1. The molecule has 17 heavy (non-hydrogen) atoms. The van der Waals surface area contributed by atoms with E-state index in [0.717, 1.165) is 31.7 Å². The zero-order valence-corrected chi connectivity index (χ0v) is 10.7. The molecule has 1 heterocycles. The van der Waals surface area contributed by atoms with Crippen LogP contribution in [0, 0.1) is 0 Å². The highest BCUT2D eigenvalue weighted by atomic mass is 35.5. The molecule has 0 aromatic heterocycles. The molecule has 0 bridgehead atoms. The van der Waals surface area contributed by atoms with Crippen molar-refractivity contribution < 1.29 is 4.74 Å². The van der Waals surface area contributed by atoms with Gasteiger partial charge >= 0.3 is 0 Å². The second-order valence-electron chi connectivity index (χ2n) is 4.12. The molecule has 1 saturated heterocycles. The molecular weight excluding hydrogens is 238 g/mol. The third-order valence-corrected chi connectivity index (χ3v) is 3.36. The van der Waals surface area contributed by atoms with Gasteiger partial charge in [0.15, 0.2) is 0 Å². The Bertz CT molecular complexity index is 380. The van der Waals surface area contributed by atoms with Gasteiger partial charge in [0.2, 0.25) is 0 Å². The van der Waals surface area contributed by atoms with E-state index in [1.165, 1.54) is 0 Å². The van der Waals surface area contributed by atoms with E-state index in [2.05, 4.69) is 10.2 Å². The van der Waals surface area contributed by atoms with Crippen molar-refractivity contribution in [2.24, 2.45) is 5.73 Å². The molecule has 0 saturated carbocycles. The first-order valence-electron chi connectivity index (χ1n) is 5.76. The summed E-state index contributed by atoms with van der Waals surface area (Å²) in [6.45, 7) is 3.89. The van der Waals surface area contributed by atoms with Crippen molar-refractivity contribution in [2.75, 3.05) is 33.3 Å². The van der Waals surface area contributed by atoms with Crippen molar-refractivity contribution in [3.63, 3.8) is 0 Å². The van der Waals surface area contributed by atoms with Crippen LogP contribution in [0.2, 0.25) is 5.02 Å². The number of nitrogens with two attached hydrogens (primary N) is 1. The van der Waals surface area contributed by atoms with Gasteiger partial charge in [-0.1, -0.05) is 17.7 Å². The molecule has 4 nitrogen and oxygen atoms in total. The number of nitrogens with one attached hydrogen (secondary N) is 1. The van der Waals surface area contributed by atoms with Crippen LogP contribution in [0.25, 0.3) is 0 Å². The SMILES string of the molecule is COc1ccc(C(N)N2CCNCC2)cc1Cl. The molecular formula is C12H18ClN3O. The lowest BCUT2D eigenvalue weighted by molar-refractivity contribution is 0.177. The van der Waals surface area contributed by atoms with Crippen molar-refractivity contribution in [2.45, 2.75) is 6.17 Å². The van der Waals surface area contributed by atoms with Crippen LogP contribution in [0.15, 0.2) is 18.2 Å². The van der Waals surface area contributed by atoms with E-state index in [9.17, 15) is 0 Å². The smallest absolute Gasteiger partial charge is 0.137 e. The monoisotopic (exact) mass is 255 g/mol. The second-order valence-corrected chi connectivity index (χ2v) is 4.53. The molecule has 1 fully saturated rings. The summed E-state index contributed by atoms with van der Waals surface area (Å²) in [5.74, 6) is 0.683. The van der Waals surface area contributed by atoms with Crippen molar-refractivity contribution in [1.29, 1.82) is 0 Å². The van der Waals surface area contributed by atoms with Crippen LogP contribution in [0.5, 0.6) is 5.75 Å². The zero-order valence-electron chi connectivity index (χ0n) is 9.95. The minimum Gasteiger partial charge on any atom is -0.495 e. The Morgan fingerprint density at radius 3 is 2.71 bits per heavy atom. The summed E-state index contributed by atoms with van der Waals surface area (Å²) < 4.78 is 5.13. The molecule has 1 aromatic rings. The number of nitrogens with zero attached hydrogens (tertiary/aromatic N) is 1. The third-order valence-electron chi connectivity index (χ3n) is 3.06. The summed E-state index contributed by atoms with van der Waals surface area (Å²) in [4.78, 5) is 2.24. The Labute approximate surface area is 107 Å². The average Bonchev–Trinajstić information content (AvgIpc) is 2.39. The lowest BCUT2D eigenvalue weighted by Gasteiger charge is -2.32. The summed E-state index contributed by atoms with van der Waals surface area (Å²) >= 11 is 6.10. The molecule has 1 aliphatic heterocycles. The fourth-order valence-electron chi connectivity index (χ4n) is 2.04. The summed E-state index contributed by atoms with van der Waals surface area (Å²) in [7, 11) is 1.61. The largest absolute Gasteiger partial charge is 0.495 e. The van der Waals surface area contributed by atoms with Crippen LogP contribution >= 0.6 is 11.6 Å². The topological polar surface area (TPSA) is 50.5 Å². The molecule has 1 aromatic carbocycles. The van der Waals surface area contributed by atoms with E-state index < -0.39 is 0 Å². The average molecular weight is 256 g/mol. The highest BCUT2D eigenvalue weighted by Crippen LogP contribution is 2.28. The fraction of sp³-hybridized carbons (Fsp3) is 0.500. The summed E-state index contributed by atoms with van der Waals surface area (Å²) in [6, 6.07) is 5.71. The molecule has 3 N–H and O–H groups in total. The Kier molecular flexibility index (Phi) is 4.23. The fourth-order valence-corrected chi connectivity index (χ4v) is 2.30. The molecule has 5 heteroatoms. The van der Waals surface area contributed by atoms with E-state index in [1.54, 1.807) is 7.11 Å². The lowest BCUT2D eigenvalue weighted by Crippen LogP contribution is -2.47. The molecule has 1 aliphatic rings. The molecule has 2 rings (SSSR count). The Hall–Kier alpha value is -0.810. The number of methoxy groups -OCH3 is 1. The molecule has 0 spiro atoms. The number of piperazine rings is 1. The third kappa shape index (κ3) is 2.90. The number of benzene rings is 1. The van der Waals surface area contributed by atoms with Crippen LogP contribution in [0.3, 0.4) is 0 Å². The molecule has 0 radical (unpaired) electrons. The predicted octanol–water partition coefficient (Wildman–Crippen LogP) is 1.21. The lowest BCUT2D eigenvalue weighted by atomic mass is 10.1. The Morgan fingerprint density at radius 2 is 2.12 bits per heavy atom. The molecule has 1 unspecified atom stereocenters. The minimum atomic E-state index is -0.0968. The molecule has 0 amide bonds. The summed E-state index contributed by atoms with van der Waals surface area (Å²) in [6.07, 6.45) is -0.0968. The number of hydrogen-bond donors (Lipinski definition) is 2. The van der Waals surface area contributed by atoms with Gasteiger partial charge in [0.25, 0.3) is 0 Å². The van der Waals surface area contributed by atoms with Gasteiger partial charge in [0.05, 0.1) is 18.3 Å². The van der Waals surface area contributed by atoms with Crippen LogP contribution in [0.4, 0.5) is 0 Å². The summed E-state index contributed by atoms with van der Waals surface area (Å²) in [5, 5.41) is 3.91. The maximum atomic E-state index is 6.23. The maximum absolute atomic E-state index is 6.23. The molecule has 0 aliphatic carbocycles. The van der Waals surface area contributed by atoms with E-state index in [-0.39, 0.29) is 6.17 Å². The predicted molar refractivity (Wildman–Crippen MR) is 69.4 cm³/mol. The summed E-state index contributed by atoms with van der Waals surface area (Å²) in [5.41, 5.74) is 7.25. The first-order chi connectivity index (χ1) is 8.22. The van der Waals surface area contributed by atoms with Crippen LogP contribution in [0.1, 0.15) is 11.7 Å². The van der Waals surface area contributed by atoms with Gasteiger partial charge in [-0.25, -0.2) is 0 Å². The van der Waals surface area contributed by atoms with E-state index in [4.69, 9.17) is 22.1 Å². The zero-order chi connectivity index (χ0) is 12.3. The normalized spacial score (nSPS) is 19.0. The van der Waals surface area contributed by atoms with Crippen LogP contribution in [-0.2, 0) is 0 Å². The van der Waals surface area contributed by atoms with Crippen LogP contribution < -0.4 is 15.8 Å². The highest BCUT2D eigenvalue weighted by molar-refractivity contribution is 6.32. The van der Waals surface area contributed by atoms with Crippen LogP contribution in [-0.4, -0.2) is 38.2 Å². The number of rotatable bonds is 3. The van der Waals surface area contributed by atoms with Crippen molar-refractivity contribution in [3.05, 3.63) is 28.8 Å². The second kappa shape index (κ2) is 5.69. The van der Waals surface area contributed by atoms with Crippen molar-refractivity contribution in [3.8, 4) is 5.75 Å². The maximum Gasteiger partial charge on any atom is 0.137 e. The van der Waals surface area contributed by atoms with Gasteiger partial charge in [-0.3, -0.25) is 4.90 Å². The van der Waals surface area contributed by atoms with Gasteiger partial charge in [0, 0.05) is 26.2 Å². The quantitative estimate of drug-likeness (QED) is 0.853. The van der Waals surface area contributed by atoms with Gasteiger partial charge in [0.1, 0.15) is 5.75 Å². The van der Waals surface area contributed by atoms with E-state index >= 15 is 0 Å². The first-order valence-corrected chi connectivity index (χ1v) is 6.14. The first kappa shape index (κ1) is 12.6.